The number of hydrogen-bond acceptors (Lipinski definition) is 2. The van der Waals surface area contributed by atoms with Crippen LogP contribution in [0.1, 0.15) is 27.0 Å². The third kappa shape index (κ3) is 3.52. The van der Waals surface area contributed by atoms with Gasteiger partial charge in [-0.15, -0.1) is 0 Å². The van der Waals surface area contributed by atoms with Crippen molar-refractivity contribution in [2.75, 3.05) is 0 Å². The van der Waals surface area contributed by atoms with Crippen LogP contribution in [-0.2, 0) is 6.18 Å². The highest BCUT2D eigenvalue weighted by atomic mass is 19.4. The van der Waals surface area contributed by atoms with Gasteiger partial charge in [0.25, 0.3) is 0 Å². The van der Waals surface area contributed by atoms with Gasteiger partial charge in [-0.3, -0.25) is 4.79 Å². The maximum Gasteiger partial charge on any atom is 0.416 e. The summed E-state index contributed by atoms with van der Waals surface area (Å²) < 4.78 is 51.1. The zero-order chi connectivity index (χ0) is 16.3. The van der Waals surface area contributed by atoms with Gasteiger partial charge in [-0.2, -0.15) is 13.2 Å². The zero-order valence-corrected chi connectivity index (χ0v) is 11.1. The average Bonchev–Trinajstić information content (AvgIpc) is 2.47. The Kier molecular flexibility index (Phi) is 4.30. The fourth-order valence-corrected chi connectivity index (χ4v) is 1.84. The van der Waals surface area contributed by atoms with Crippen LogP contribution in [0.4, 0.5) is 17.6 Å². The molecular weight excluding hydrogens is 300 g/mol. The summed E-state index contributed by atoms with van der Waals surface area (Å²) in [6.45, 7) is 0. The fourth-order valence-electron chi connectivity index (χ4n) is 1.84. The van der Waals surface area contributed by atoms with Gasteiger partial charge in [0.1, 0.15) is 0 Å². The first-order valence-corrected chi connectivity index (χ1v) is 6.14. The molecule has 2 aromatic rings. The number of hydrogen-bond donors (Lipinski definition) is 1. The van der Waals surface area contributed by atoms with Gasteiger partial charge in [0.05, 0.1) is 11.1 Å². The third-order valence-corrected chi connectivity index (χ3v) is 2.92. The summed E-state index contributed by atoms with van der Waals surface area (Å²) in [6.07, 6.45) is -1.44. The van der Waals surface area contributed by atoms with Crippen molar-refractivity contribution >= 4 is 18.4 Å². The minimum Gasteiger partial charge on any atom is -0.504 e. The molecule has 0 aromatic heterocycles. The number of benzene rings is 2. The van der Waals surface area contributed by atoms with Gasteiger partial charge in [-0.1, -0.05) is 24.3 Å². The largest absolute Gasteiger partial charge is 0.504 e. The van der Waals surface area contributed by atoms with Crippen molar-refractivity contribution in [1.29, 1.82) is 0 Å². The molecule has 0 atom stereocenters. The van der Waals surface area contributed by atoms with E-state index in [0.717, 1.165) is 18.2 Å². The second-order valence-corrected chi connectivity index (χ2v) is 4.51. The van der Waals surface area contributed by atoms with E-state index in [4.69, 9.17) is 0 Å². The zero-order valence-electron chi connectivity index (χ0n) is 11.1. The van der Waals surface area contributed by atoms with E-state index in [2.05, 4.69) is 0 Å². The molecule has 2 nitrogen and oxygen atoms in total. The molecule has 22 heavy (non-hydrogen) atoms. The third-order valence-electron chi connectivity index (χ3n) is 2.92. The molecule has 0 radical (unpaired) electrons. The quantitative estimate of drug-likeness (QED) is 0.513. The first-order valence-electron chi connectivity index (χ1n) is 6.14. The molecule has 0 aliphatic carbocycles. The number of carbonyl (C=O) groups is 1. The van der Waals surface area contributed by atoms with Crippen molar-refractivity contribution in [1.82, 2.24) is 0 Å². The number of aldehydes is 1. The Labute approximate surface area is 123 Å². The smallest absolute Gasteiger partial charge is 0.416 e. The van der Waals surface area contributed by atoms with E-state index in [1.54, 1.807) is 0 Å². The summed E-state index contributed by atoms with van der Waals surface area (Å²) >= 11 is 0. The molecule has 2 rings (SSSR count). The molecule has 6 heteroatoms. The molecule has 0 aliphatic heterocycles. The van der Waals surface area contributed by atoms with Crippen molar-refractivity contribution in [2.45, 2.75) is 6.18 Å². The van der Waals surface area contributed by atoms with Gasteiger partial charge in [-0.05, 0) is 35.4 Å². The Balaban J connectivity index is 2.33. The SMILES string of the molecule is O=Cc1cc(C=Cc2cccc(C(F)(F)F)c2)cc(F)c1O. The molecule has 0 bridgehead atoms. The lowest BCUT2D eigenvalue weighted by molar-refractivity contribution is -0.137. The average molecular weight is 310 g/mol. The second kappa shape index (κ2) is 6.01. The lowest BCUT2D eigenvalue weighted by Gasteiger charge is -2.06. The maximum absolute atomic E-state index is 13.4. The van der Waals surface area contributed by atoms with Gasteiger partial charge in [0.15, 0.2) is 17.9 Å². The molecule has 2 aromatic carbocycles. The van der Waals surface area contributed by atoms with E-state index in [1.807, 2.05) is 0 Å². The van der Waals surface area contributed by atoms with E-state index >= 15 is 0 Å². The van der Waals surface area contributed by atoms with Crippen LogP contribution in [0.2, 0.25) is 0 Å². The number of halogens is 4. The molecule has 0 unspecified atom stereocenters. The van der Waals surface area contributed by atoms with E-state index in [0.29, 0.717) is 6.29 Å². The monoisotopic (exact) mass is 310 g/mol. The van der Waals surface area contributed by atoms with Crippen LogP contribution in [0.5, 0.6) is 5.75 Å². The lowest BCUT2D eigenvalue weighted by Crippen LogP contribution is -2.04. The standard InChI is InChI=1S/C16H10F4O2/c17-14-8-11(6-12(9-21)15(14)22)5-4-10-2-1-3-13(7-10)16(18,19)20/h1-9,22H. The molecule has 0 fully saturated rings. The van der Waals surface area contributed by atoms with Crippen LogP contribution in [0.3, 0.4) is 0 Å². The minimum atomic E-state index is -4.45. The Bertz CT molecular complexity index is 733. The van der Waals surface area contributed by atoms with Crippen LogP contribution < -0.4 is 0 Å². The second-order valence-electron chi connectivity index (χ2n) is 4.51. The summed E-state index contributed by atoms with van der Waals surface area (Å²) in [7, 11) is 0. The topological polar surface area (TPSA) is 37.3 Å². The molecule has 0 spiro atoms. The lowest BCUT2D eigenvalue weighted by atomic mass is 10.1. The number of aromatic hydroxyl groups is 1. The van der Waals surface area contributed by atoms with Crippen molar-refractivity contribution in [3.05, 3.63) is 64.5 Å². The highest BCUT2D eigenvalue weighted by molar-refractivity contribution is 5.82. The summed E-state index contributed by atoms with van der Waals surface area (Å²) in [6, 6.07) is 6.83. The number of carbonyl (C=O) groups excluding carboxylic acids is 1. The molecule has 0 saturated carbocycles. The maximum atomic E-state index is 13.4. The van der Waals surface area contributed by atoms with E-state index < -0.39 is 23.3 Å². The van der Waals surface area contributed by atoms with Crippen molar-refractivity contribution in [3.8, 4) is 5.75 Å². The number of phenolic OH excluding ortho intramolecular Hbond substituents is 1. The molecule has 114 valence electrons. The van der Waals surface area contributed by atoms with E-state index in [-0.39, 0.29) is 16.7 Å². The predicted octanol–water partition coefficient (Wildman–Crippen LogP) is 4.53. The molecule has 0 amide bonds. The summed E-state index contributed by atoms with van der Waals surface area (Å²) in [5, 5.41) is 9.28. The van der Waals surface area contributed by atoms with E-state index in [9.17, 15) is 27.5 Å². The summed E-state index contributed by atoms with van der Waals surface area (Å²) in [4.78, 5) is 10.7. The summed E-state index contributed by atoms with van der Waals surface area (Å²) in [5.74, 6) is -1.74. The van der Waals surface area contributed by atoms with Gasteiger partial charge in [-0.25, -0.2) is 4.39 Å². The van der Waals surface area contributed by atoms with Gasteiger partial charge >= 0.3 is 6.18 Å². The number of phenols is 1. The Morgan fingerprint density at radius 2 is 1.68 bits per heavy atom. The van der Waals surface area contributed by atoms with Gasteiger partial charge in [0, 0.05) is 0 Å². The Morgan fingerprint density at radius 3 is 2.32 bits per heavy atom. The van der Waals surface area contributed by atoms with Gasteiger partial charge in [0.2, 0.25) is 0 Å². The van der Waals surface area contributed by atoms with Crippen LogP contribution in [0, 0.1) is 5.82 Å². The first-order chi connectivity index (χ1) is 10.3. The number of alkyl halides is 3. The number of rotatable bonds is 3. The fraction of sp³-hybridized carbons (Fsp3) is 0.0625. The Morgan fingerprint density at radius 1 is 1.00 bits per heavy atom. The first kappa shape index (κ1) is 15.8. The highest BCUT2D eigenvalue weighted by Gasteiger charge is 2.30. The minimum absolute atomic E-state index is 0.233. The predicted molar refractivity (Wildman–Crippen MR) is 73.8 cm³/mol. The van der Waals surface area contributed by atoms with Crippen molar-refractivity contribution in [3.63, 3.8) is 0 Å². The van der Waals surface area contributed by atoms with Gasteiger partial charge < -0.3 is 5.11 Å². The van der Waals surface area contributed by atoms with Crippen LogP contribution >= 0.6 is 0 Å². The molecule has 0 aliphatic rings. The van der Waals surface area contributed by atoms with Crippen LogP contribution in [0.15, 0.2) is 36.4 Å². The summed E-state index contributed by atoms with van der Waals surface area (Å²) in [5.41, 5.74) is -0.505. The van der Waals surface area contributed by atoms with Crippen molar-refractivity contribution < 1.29 is 27.5 Å². The molecule has 0 saturated heterocycles. The molecular formula is C16H10F4O2. The van der Waals surface area contributed by atoms with Crippen LogP contribution in [0.25, 0.3) is 12.2 Å². The normalized spacial score (nSPS) is 11.8. The highest BCUT2D eigenvalue weighted by Crippen LogP contribution is 2.30. The van der Waals surface area contributed by atoms with E-state index in [1.165, 1.54) is 30.4 Å². The Hall–Kier alpha value is -2.63. The molecule has 1 N–H and O–H groups in total. The van der Waals surface area contributed by atoms with Crippen LogP contribution in [-0.4, -0.2) is 11.4 Å². The van der Waals surface area contributed by atoms with Crippen molar-refractivity contribution in [2.24, 2.45) is 0 Å². The molecule has 0 heterocycles.